The topological polar surface area (TPSA) is 101 Å². The summed E-state index contributed by atoms with van der Waals surface area (Å²) in [6.07, 6.45) is 5.16. The Hall–Kier alpha value is -2.19. The highest BCUT2D eigenvalue weighted by Crippen LogP contribution is 2.43. The average Bonchev–Trinajstić information content (AvgIpc) is 3.36. The molecule has 3 fully saturated rings. The number of rotatable bonds is 8. The van der Waals surface area contributed by atoms with Crippen LogP contribution in [0.15, 0.2) is 24.4 Å². The number of ether oxygens (including phenoxy) is 1. The lowest BCUT2D eigenvalue weighted by Crippen LogP contribution is -2.47. The second kappa shape index (κ2) is 9.09. The van der Waals surface area contributed by atoms with Gasteiger partial charge in [-0.3, -0.25) is 14.5 Å². The van der Waals surface area contributed by atoms with Crippen molar-refractivity contribution in [2.45, 2.75) is 37.9 Å². The second-order valence-corrected chi connectivity index (χ2v) is 8.26. The molecule has 2 amide bonds. The van der Waals surface area contributed by atoms with E-state index in [1.165, 1.54) is 0 Å². The Morgan fingerprint density at radius 2 is 1.86 bits per heavy atom. The third-order valence-electron chi connectivity index (χ3n) is 6.45. The molecular formula is C21H31N5O3. The number of carbonyl (C=O) groups excluding carboxylic acids is 2. The first-order valence-electron chi connectivity index (χ1n) is 10.7. The van der Waals surface area contributed by atoms with Crippen LogP contribution < -0.4 is 16.0 Å². The van der Waals surface area contributed by atoms with Gasteiger partial charge in [0.1, 0.15) is 5.82 Å². The van der Waals surface area contributed by atoms with Crippen LogP contribution in [0.5, 0.6) is 0 Å². The Labute approximate surface area is 171 Å². The first-order valence-corrected chi connectivity index (χ1v) is 10.7. The predicted molar refractivity (Wildman–Crippen MR) is 109 cm³/mol. The Morgan fingerprint density at radius 3 is 2.55 bits per heavy atom. The highest BCUT2D eigenvalue weighted by molar-refractivity contribution is 5.88. The molecule has 2 bridgehead atoms. The summed E-state index contributed by atoms with van der Waals surface area (Å²) in [5.74, 6) is -0.323. The summed E-state index contributed by atoms with van der Waals surface area (Å²) in [5, 5.41) is 3.00. The summed E-state index contributed by atoms with van der Waals surface area (Å²) in [7, 11) is 0. The molecule has 0 aromatic carbocycles. The zero-order valence-corrected chi connectivity index (χ0v) is 16.8. The van der Waals surface area contributed by atoms with Crippen LogP contribution in [0.3, 0.4) is 0 Å². The molecule has 0 aliphatic carbocycles. The van der Waals surface area contributed by atoms with Gasteiger partial charge in [-0.1, -0.05) is 6.07 Å². The molecular weight excluding hydrogens is 370 g/mol. The predicted octanol–water partition coefficient (Wildman–Crippen LogP) is 0.379. The van der Waals surface area contributed by atoms with Crippen molar-refractivity contribution in [2.24, 2.45) is 17.6 Å². The number of carbonyl (C=O) groups is 2. The number of aromatic nitrogens is 1. The standard InChI is InChI=1S/C21H31N5O3/c22-20(27)18-15-6-7-16(29-15)19(18)21(28)24-9-3-4-10-25-11-13-26(14-12-25)17-5-1-2-8-23-17/h1-2,5,8,15-16,18-19H,3-4,6-7,9-14H2,(H2,22,27)(H,24,28). The molecule has 4 rings (SSSR count). The molecule has 0 spiro atoms. The quantitative estimate of drug-likeness (QED) is 0.611. The zero-order valence-electron chi connectivity index (χ0n) is 16.8. The summed E-state index contributed by atoms with van der Waals surface area (Å²) in [6, 6.07) is 6.02. The summed E-state index contributed by atoms with van der Waals surface area (Å²) in [5.41, 5.74) is 5.51. The molecule has 4 unspecified atom stereocenters. The van der Waals surface area contributed by atoms with E-state index in [1.54, 1.807) is 0 Å². The van der Waals surface area contributed by atoms with Gasteiger partial charge in [0.25, 0.3) is 0 Å². The van der Waals surface area contributed by atoms with Gasteiger partial charge >= 0.3 is 0 Å². The maximum absolute atomic E-state index is 12.6. The van der Waals surface area contributed by atoms with E-state index in [2.05, 4.69) is 26.2 Å². The number of nitrogens with zero attached hydrogens (tertiary/aromatic N) is 3. The Balaban J connectivity index is 1.12. The summed E-state index contributed by atoms with van der Waals surface area (Å²) >= 11 is 0. The van der Waals surface area contributed by atoms with Crippen molar-refractivity contribution in [3.05, 3.63) is 24.4 Å². The monoisotopic (exact) mass is 401 g/mol. The number of hydrogen-bond acceptors (Lipinski definition) is 6. The summed E-state index contributed by atoms with van der Waals surface area (Å²) in [4.78, 5) is 33.5. The Bertz CT molecular complexity index is 708. The van der Waals surface area contributed by atoms with Crippen molar-refractivity contribution < 1.29 is 14.3 Å². The van der Waals surface area contributed by atoms with Gasteiger partial charge in [-0.2, -0.15) is 0 Å². The third kappa shape index (κ3) is 4.53. The van der Waals surface area contributed by atoms with Crippen LogP contribution in [0.4, 0.5) is 5.82 Å². The fourth-order valence-electron chi connectivity index (χ4n) is 4.90. The van der Waals surface area contributed by atoms with Gasteiger partial charge in [0.15, 0.2) is 0 Å². The second-order valence-electron chi connectivity index (χ2n) is 8.26. The van der Waals surface area contributed by atoms with E-state index in [9.17, 15) is 9.59 Å². The number of piperazine rings is 1. The molecule has 3 saturated heterocycles. The first kappa shape index (κ1) is 20.1. The molecule has 4 atom stereocenters. The maximum atomic E-state index is 12.6. The van der Waals surface area contributed by atoms with E-state index < -0.39 is 17.7 Å². The number of amides is 2. The molecule has 1 aromatic rings. The van der Waals surface area contributed by atoms with Gasteiger partial charge in [-0.25, -0.2) is 4.98 Å². The summed E-state index contributed by atoms with van der Waals surface area (Å²) < 4.78 is 5.75. The molecule has 8 heteroatoms. The number of anilines is 1. The largest absolute Gasteiger partial charge is 0.373 e. The van der Waals surface area contributed by atoms with Gasteiger partial charge in [0.2, 0.25) is 11.8 Å². The van der Waals surface area contributed by atoms with Gasteiger partial charge in [-0.15, -0.1) is 0 Å². The summed E-state index contributed by atoms with van der Waals surface area (Å²) in [6.45, 7) is 5.72. The SMILES string of the molecule is NC(=O)C1C2CCC(O2)C1C(=O)NCCCCN1CCN(c2ccccn2)CC1. The minimum Gasteiger partial charge on any atom is -0.373 e. The van der Waals surface area contributed by atoms with Crippen molar-refractivity contribution in [3.8, 4) is 0 Å². The van der Waals surface area contributed by atoms with Crippen molar-refractivity contribution in [1.82, 2.24) is 15.2 Å². The zero-order chi connectivity index (χ0) is 20.2. The molecule has 4 heterocycles. The normalized spacial score (nSPS) is 29.2. The number of hydrogen-bond donors (Lipinski definition) is 2. The highest BCUT2D eigenvalue weighted by Gasteiger charge is 2.54. The fraction of sp³-hybridized carbons (Fsp3) is 0.667. The highest BCUT2D eigenvalue weighted by atomic mass is 16.5. The minimum absolute atomic E-state index is 0.0787. The maximum Gasteiger partial charge on any atom is 0.226 e. The van der Waals surface area contributed by atoms with E-state index in [1.807, 2.05) is 18.3 Å². The van der Waals surface area contributed by atoms with E-state index in [0.29, 0.717) is 6.54 Å². The van der Waals surface area contributed by atoms with Crippen LogP contribution in [0.2, 0.25) is 0 Å². The first-order chi connectivity index (χ1) is 14.1. The van der Waals surface area contributed by atoms with Gasteiger partial charge in [-0.05, 0) is 44.4 Å². The minimum atomic E-state index is -0.468. The number of unbranched alkanes of at least 4 members (excludes halogenated alkanes) is 1. The number of nitrogens with one attached hydrogen (secondary N) is 1. The lowest BCUT2D eigenvalue weighted by Gasteiger charge is -2.35. The fourth-order valence-corrected chi connectivity index (χ4v) is 4.90. The van der Waals surface area contributed by atoms with E-state index in [0.717, 1.165) is 64.2 Å². The number of pyridine rings is 1. The van der Waals surface area contributed by atoms with Crippen LogP contribution in [0.1, 0.15) is 25.7 Å². The van der Waals surface area contributed by atoms with Crippen molar-refractivity contribution in [2.75, 3.05) is 44.2 Å². The van der Waals surface area contributed by atoms with Gasteiger partial charge < -0.3 is 20.7 Å². The number of primary amides is 1. The molecule has 0 saturated carbocycles. The van der Waals surface area contributed by atoms with Crippen molar-refractivity contribution in [3.63, 3.8) is 0 Å². The molecule has 8 nitrogen and oxygen atoms in total. The van der Waals surface area contributed by atoms with E-state index in [4.69, 9.17) is 10.5 Å². The molecule has 3 N–H and O–H groups in total. The third-order valence-corrected chi connectivity index (χ3v) is 6.45. The van der Waals surface area contributed by atoms with Crippen LogP contribution in [0.25, 0.3) is 0 Å². The Morgan fingerprint density at radius 1 is 1.10 bits per heavy atom. The van der Waals surface area contributed by atoms with Crippen molar-refractivity contribution >= 4 is 17.6 Å². The number of nitrogens with two attached hydrogens (primary N) is 1. The molecule has 29 heavy (non-hydrogen) atoms. The molecule has 0 radical (unpaired) electrons. The van der Waals surface area contributed by atoms with Crippen LogP contribution in [-0.4, -0.2) is 73.2 Å². The molecule has 158 valence electrons. The smallest absolute Gasteiger partial charge is 0.226 e. The van der Waals surface area contributed by atoms with Crippen LogP contribution in [-0.2, 0) is 14.3 Å². The molecule has 3 aliphatic heterocycles. The average molecular weight is 402 g/mol. The van der Waals surface area contributed by atoms with Crippen LogP contribution in [0, 0.1) is 11.8 Å². The van der Waals surface area contributed by atoms with Crippen molar-refractivity contribution in [1.29, 1.82) is 0 Å². The Kier molecular flexibility index (Phi) is 6.30. The lowest BCUT2D eigenvalue weighted by atomic mass is 9.78. The van der Waals surface area contributed by atoms with Crippen LogP contribution >= 0.6 is 0 Å². The van der Waals surface area contributed by atoms with Gasteiger partial charge in [0.05, 0.1) is 24.0 Å². The lowest BCUT2D eigenvalue weighted by molar-refractivity contribution is -0.133. The van der Waals surface area contributed by atoms with E-state index in [-0.39, 0.29) is 18.1 Å². The number of fused-ring (bicyclic) bond motifs is 2. The van der Waals surface area contributed by atoms with Gasteiger partial charge in [0, 0.05) is 38.9 Å². The molecule has 3 aliphatic rings. The van der Waals surface area contributed by atoms with E-state index >= 15 is 0 Å². The molecule has 1 aromatic heterocycles.